The van der Waals surface area contributed by atoms with Gasteiger partial charge in [0.1, 0.15) is 0 Å². The average molecular weight is 286 g/mol. The fourth-order valence-corrected chi connectivity index (χ4v) is 2.91. The summed E-state index contributed by atoms with van der Waals surface area (Å²) < 4.78 is 4.97. The molecule has 20 heavy (non-hydrogen) atoms. The van der Waals surface area contributed by atoms with Crippen LogP contribution in [0.1, 0.15) is 46.0 Å². The molecule has 1 rings (SSSR count). The van der Waals surface area contributed by atoms with E-state index >= 15 is 0 Å². The quantitative estimate of drug-likeness (QED) is 0.657. The number of aliphatic hydroxyl groups is 1. The topological polar surface area (TPSA) is 61.8 Å². The van der Waals surface area contributed by atoms with Crippen LogP contribution in [0.5, 0.6) is 0 Å². The zero-order chi connectivity index (χ0) is 15.0. The van der Waals surface area contributed by atoms with Crippen LogP contribution < -0.4 is 5.32 Å². The first kappa shape index (κ1) is 17.4. The maximum absolute atomic E-state index is 12.2. The van der Waals surface area contributed by atoms with E-state index in [2.05, 4.69) is 10.2 Å². The van der Waals surface area contributed by atoms with Gasteiger partial charge in [0.15, 0.2) is 0 Å². The number of methoxy groups -OCH3 is 1. The molecule has 1 heterocycles. The van der Waals surface area contributed by atoms with Crippen molar-refractivity contribution in [2.45, 2.75) is 64.1 Å². The predicted octanol–water partition coefficient (Wildman–Crippen LogP) is 1.15. The van der Waals surface area contributed by atoms with Crippen LogP contribution in [-0.4, -0.2) is 60.9 Å². The minimum absolute atomic E-state index is 0.0820. The summed E-state index contributed by atoms with van der Waals surface area (Å²) in [4.78, 5) is 14.4. The molecular formula is C15H30N2O3. The average Bonchev–Trinajstić information content (AvgIpc) is 2.42. The molecule has 5 heteroatoms. The lowest BCUT2D eigenvalue weighted by Gasteiger charge is -2.39. The number of amides is 1. The number of rotatable bonds is 8. The van der Waals surface area contributed by atoms with Crippen LogP contribution in [0.2, 0.25) is 0 Å². The summed E-state index contributed by atoms with van der Waals surface area (Å²) in [6.07, 6.45) is 4.69. The predicted molar refractivity (Wildman–Crippen MR) is 79.6 cm³/mol. The Labute approximate surface area is 122 Å². The molecule has 0 saturated carbocycles. The normalized spacial score (nSPS) is 23.3. The Morgan fingerprint density at radius 1 is 1.45 bits per heavy atom. The van der Waals surface area contributed by atoms with E-state index in [9.17, 15) is 9.90 Å². The van der Waals surface area contributed by atoms with E-state index in [4.69, 9.17) is 4.74 Å². The van der Waals surface area contributed by atoms with Gasteiger partial charge in [0.25, 0.3) is 0 Å². The van der Waals surface area contributed by atoms with Gasteiger partial charge in [-0.2, -0.15) is 0 Å². The standard InChI is InChI=1S/C15H30N2O3/c1-12(18)11-14-7-4-5-9-17(14)13(2)15(19)16-8-6-10-20-3/h12-14,18H,4-11H2,1-3H3,(H,16,19). The third-order valence-electron chi connectivity index (χ3n) is 3.99. The summed E-state index contributed by atoms with van der Waals surface area (Å²) in [5, 5.41) is 12.6. The molecule has 0 radical (unpaired) electrons. The highest BCUT2D eigenvalue weighted by Crippen LogP contribution is 2.23. The number of hydrogen-bond acceptors (Lipinski definition) is 4. The van der Waals surface area contributed by atoms with Gasteiger partial charge in [-0.3, -0.25) is 9.69 Å². The van der Waals surface area contributed by atoms with Gasteiger partial charge in [0, 0.05) is 26.3 Å². The highest BCUT2D eigenvalue weighted by Gasteiger charge is 2.30. The summed E-state index contributed by atoms with van der Waals surface area (Å²) in [6, 6.07) is 0.199. The lowest BCUT2D eigenvalue weighted by Crippen LogP contribution is -2.52. The van der Waals surface area contributed by atoms with Crippen molar-refractivity contribution in [3.63, 3.8) is 0 Å². The van der Waals surface area contributed by atoms with E-state index in [1.54, 1.807) is 7.11 Å². The van der Waals surface area contributed by atoms with E-state index < -0.39 is 0 Å². The molecule has 2 N–H and O–H groups in total. The van der Waals surface area contributed by atoms with Gasteiger partial charge in [0.05, 0.1) is 12.1 Å². The fourth-order valence-electron chi connectivity index (χ4n) is 2.91. The fraction of sp³-hybridized carbons (Fsp3) is 0.933. The highest BCUT2D eigenvalue weighted by molar-refractivity contribution is 5.81. The number of aliphatic hydroxyl groups excluding tert-OH is 1. The molecule has 1 amide bonds. The Hall–Kier alpha value is -0.650. The van der Waals surface area contributed by atoms with Crippen LogP contribution >= 0.6 is 0 Å². The molecule has 118 valence electrons. The number of piperidine rings is 1. The van der Waals surface area contributed by atoms with E-state index in [1.807, 2.05) is 13.8 Å². The van der Waals surface area contributed by atoms with Crippen LogP contribution in [0.15, 0.2) is 0 Å². The van der Waals surface area contributed by atoms with Gasteiger partial charge in [-0.1, -0.05) is 6.42 Å². The van der Waals surface area contributed by atoms with Gasteiger partial charge in [-0.25, -0.2) is 0 Å². The van der Waals surface area contributed by atoms with Crippen LogP contribution in [0, 0.1) is 0 Å². The zero-order valence-corrected chi connectivity index (χ0v) is 13.1. The summed E-state index contributed by atoms with van der Waals surface area (Å²) in [5.74, 6) is 0.0820. The second kappa shape index (κ2) is 9.32. The summed E-state index contributed by atoms with van der Waals surface area (Å²) in [7, 11) is 1.67. The third-order valence-corrected chi connectivity index (χ3v) is 3.99. The first-order valence-electron chi connectivity index (χ1n) is 7.76. The monoisotopic (exact) mass is 286 g/mol. The molecule has 5 nitrogen and oxygen atoms in total. The number of hydrogen-bond donors (Lipinski definition) is 2. The van der Waals surface area contributed by atoms with Crippen molar-refractivity contribution in [1.29, 1.82) is 0 Å². The third kappa shape index (κ3) is 5.77. The van der Waals surface area contributed by atoms with Crippen molar-refractivity contribution >= 4 is 5.91 Å². The van der Waals surface area contributed by atoms with Crippen LogP contribution in [0.3, 0.4) is 0 Å². The van der Waals surface area contributed by atoms with Gasteiger partial charge in [0.2, 0.25) is 5.91 Å². The molecule has 1 fully saturated rings. The molecule has 0 spiro atoms. The minimum atomic E-state index is -0.308. The molecule has 1 saturated heterocycles. The van der Waals surface area contributed by atoms with E-state index in [1.165, 1.54) is 6.42 Å². The van der Waals surface area contributed by atoms with Gasteiger partial charge in [-0.05, 0) is 46.1 Å². The van der Waals surface area contributed by atoms with E-state index in [0.29, 0.717) is 19.2 Å². The molecule has 3 unspecified atom stereocenters. The van der Waals surface area contributed by atoms with Crippen molar-refractivity contribution in [3.05, 3.63) is 0 Å². The van der Waals surface area contributed by atoms with E-state index in [0.717, 1.165) is 32.2 Å². The largest absolute Gasteiger partial charge is 0.393 e. The number of ether oxygens (including phenoxy) is 1. The zero-order valence-electron chi connectivity index (χ0n) is 13.1. The van der Waals surface area contributed by atoms with Crippen molar-refractivity contribution in [2.24, 2.45) is 0 Å². The Balaban J connectivity index is 2.44. The second-order valence-corrected chi connectivity index (χ2v) is 5.79. The van der Waals surface area contributed by atoms with Crippen molar-refractivity contribution in [3.8, 4) is 0 Å². The van der Waals surface area contributed by atoms with E-state index in [-0.39, 0.29) is 18.1 Å². The number of carbonyl (C=O) groups is 1. The first-order valence-corrected chi connectivity index (χ1v) is 7.76. The van der Waals surface area contributed by atoms with Crippen LogP contribution in [0.25, 0.3) is 0 Å². The number of nitrogens with one attached hydrogen (secondary N) is 1. The molecule has 1 aliphatic heterocycles. The van der Waals surface area contributed by atoms with Gasteiger partial charge >= 0.3 is 0 Å². The first-order chi connectivity index (χ1) is 9.56. The number of carbonyl (C=O) groups excluding carboxylic acids is 1. The molecule has 0 bridgehead atoms. The Morgan fingerprint density at radius 3 is 2.85 bits per heavy atom. The van der Waals surface area contributed by atoms with Crippen molar-refractivity contribution < 1.29 is 14.6 Å². The smallest absolute Gasteiger partial charge is 0.237 e. The highest BCUT2D eigenvalue weighted by atomic mass is 16.5. The minimum Gasteiger partial charge on any atom is -0.393 e. The summed E-state index contributed by atoms with van der Waals surface area (Å²) in [5.41, 5.74) is 0. The van der Waals surface area contributed by atoms with Crippen LogP contribution in [-0.2, 0) is 9.53 Å². The Kier molecular flexibility index (Phi) is 8.11. The lowest BCUT2D eigenvalue weighted by molar-refractivity contribution is -0.127. The molecule has 0 aromatic carbocycles. The number of nitrogens with zero attached hydrogens (tertiary/aromatic N) is 1. The molecule has 0 aromatic heterocycles. The van der Waals surface area contributed by atoms with Crippen molar-refractivity contribution in [1.82, 2.24) is 10.2 Å². The molecule has 0 aromatic rings. The van der Waals surface area contributed by atoms with Crippen LogP contribution in [0.4, 0.5) is 0 Å². The van der Waals surface area contributed by atoms with Crippen molar-refractivity contribution in [2.75, 3.05) is 26.8 Å². The molecule has 3 atom stereocenters. The maximum Gasteiger partial charge on any atom is 0.237 e. The van der Waals surface area contributed by atoms with Gasteiger partial charge < -0.3 is 15.2 Å². The molecule has 1 aliphatic rings. The summed E-state index contributed by atoms with van der Waals surface area (Å²) in [6.45, 7) is 6.06. The summed E-state index contributed by atoms with van der Waals surface area (Å²) >= 11 is 0. The SMILES string of the molecule is COCCCNC(=O)C(C)N1CCCCC1CC(C)O. The Morgan fingerprint density at radius 2 is 2.20 bits per heavy atom. The molecular weight excluding hydrogens is 256 g/mol. The Bertz CT molecular complexity index is 284. The lowest BCUT2D eigenvalue weighted by atomic mass is 9.95. The maximum atomic E-state index is 12.2. The second-order valence-electron chi connectivity index (χ2n) is 5.79. The van der Waals surface area contributed by atoms with Gasteiger partial charge in [-0.15, -0.1) is 0 Å². The number of likely N-dealkylation sites (tertiary alicyclic amines) is 1. The molecule has 0 aliphatic carbocycles.